The van der Waals surface area contributed by atoms with Crippen LogP contribution in [0.4, 0.5) is 5.69 Å². The van der Waals surface area contributed by atoms with Gasteiger partial charge in [0.15, 0.2) is 0 Å². The van der Waals surface area contributed by atoms with E-state index >= 15 is 0 Å². The van der Waals surface area contributed by atoms with Crippen molar-refractivity contribution >= 4 is 21.8 Å². The van der Waals surface area contributed by atoms with Crippen molar-refractivity contribution in [3.8, 4) is 0 Å². The van der Waals surface area contributed by atoms with Crippen molar-refractivity contribution < 1.29 is 13.2 Å². The molecule has 0 aliphatic heterocycles. The van der Waals surface area contributed by atoms with Crippen LogP contribution in [-0.4, -0.2) is 20.4 Å². The van der Waals surface area contributed by atoms with E-state index in [0.29, 0.717) is 0 Å². The van der Waals surface area contributed by atoms with Gasteiger partial charge in [-0.3, -0.25) is 9.52 Å². The summed E-state index contributed by atoms with van der Waals surface area (Å²) in [6.07, 6.45) is 0.788. The van der Waals surface area contributed by atoms with Crippen molar-refractivity contribution in [1.29, 1.82) is 0 Å². The molecule has 0 heterocycles. The minimum absolute atomic E-state index is 0.0139. The summed E-state index contributed by atoms with van der Waals surface area (Å²) >= 11 is 0. The molecule has 0 radical (unpaired) electrons. The zero-order chi connectivity index (χ0) is 13.8. The molecule has 0 saturated carbocycles. The molecule has 6 nitrogen and oxygen atoms in total. The maximum atomic E-state index is 11.9. The van der Waals surface area contributed by atoms with Gasteiger partial charge in [0.25, 0.3) is 16.1 Å². The molecule has 0 aromatic heterocycles. The van der Waals surface area contributed by atoms with Crippen LogP contribution in [0.25, 0.3) is 0 Å². The van der Waals surface area contributed by atoms with E-state index in [1.165, 1.54) is 12.1 Å². The van der Waals surface area contributed by atoms with E-state index in [4.69, 9.17) is 5.14 Å². The van der Waals surface area contributed by atoms with Gasteiger partial charge in [0.1, 0.15) is 0 Å². The Morgan fingerprint density at radius 1 is 1.39 bits per heavy atom. The van der Waals surface area contributed by atoms with Crippen LogP contribution in [0.2, 0.25) is 0 Å². The van der Waals surface area contributed by atoms with Crippen LogP contribution >= 0.6 is 0 Å². The third kappa shape index (κ3) is 4.34. The number of nitrogens with two attached hydrogens (primary N) is 1. The number of carbonyl (C=O) groups is 1. The van der Waals surface area contributed by atoms with Crippen molar-refractivity contribution in [3.05, 3.63) is 29.8 Å². The summed E-state index contributed by atoms with van der Waals surface area (Å²) in [6, 6.07) is 6.30. The van der Waals surface area contributed by atoms with Gasteiger partial charge in [-0.25, -0.2) is 5.14 Å². The fourth-order valence-corrected chi connectivity index (χ4v) is 1.81. The van der Waals surface area contributed by atoms with E-state index in [9.17, 15) is 13.2 Å². The molecule has 1 aromatic carbocycles. The summed E-state index contributed by atoms with van der Waals surface area (Å²) in [5, 5.41) is 7.65. The maximum absolute atomic E-state index is 11.9. The summed E-state index contributed by atoms with van der Waals surface area (Å²) < 4.78 is 24.1. The van der Waals surface area contributed by atoms with Crippen LogP contribution in [0, 0.1) is 0 Å². The number of hydrogen-bond acceptors (Lipinski definition) is 3. The fraction of sp³-hybridized carbons (Fsp3) is 0.364. The highest BCUT2D eigenvalue weighted by atomic mass is 32.2. The number of para-hydroxylation sites is 1. The molecular weight excluding hydrogens is 254 g/mol. The lowest BCUT2D eigenvalue weighted by Crippen LogP contribution is -2.33. The van der Waals surface area contributed by atoms with Gasteiger partial charge in [-0.15, -0.1) is 0 Å². The SMILES string of the molecule is CCC(C)NC(=O)c1ccccc1NS(N)(=O)=O. The zero-order valence-electron chi connectivity index (χ0n) is 10.3. The molecule has 1 atom stereocenters. The van der Waals surface area contributed by atoms with Crippen LogP contribution in [0.3, 0.4) is 0 Å². The predicted molar refractivity (Wildman–Crippen MR) is 70.4 cm³/mol. The van der Waals surface area contributed by atoms with Crippen LogP contribution in [0.15, 0.2) is 24.3 Å². The summed E-state index contributed by atoms with van der Waals surface area (Å²) in [5.41, 5.74) is 0.410. The first-order valence-corrected chi connectivity index (χ1v) is 7.08. The van der Waals surface area contributed by atoms with E-state index in [1.54, 1.807) is 12.1 Å². The topological polar surface area (TPSA) is 101 Å². The molecule has 1 rings (SSSR count). The highest BCUT2D eigenvalue weighted by Crippen LogP contribution is 2.15. The number of anilines is 1. The maximum Gasteiger partial charge on any atom is 0.296 e. The molecule has 1 amide bonds. The Hall–Kier alpha value is -1.60. The monoisotopic (exact) mass is 271 g/mol. The second-order valence-electron chi connectivity index (χ2n) is 3.98. The first kappa shape index (κ1) is 14.5. The molecule has 1 aromatic rings. The molecule has 4 N–H and O–H groups in total. The number of benzene rings is 1. The predicted octanol–water partition coefficient (Wildman–Crippen LogP) is 0.830. The van der Waals surface area contributed by atoms with Gasteiger partial charge in [0, 0.05) is 6.04 Å². The Labute approximate surface area is 107 Å². The van der Waals surface area contributed by atoms with Crippen molar-refractivity contribution in [1.82, 2.24) is 5.32 Å². The molecule has 0 aliphatic carbocycles. The number of amides is 1. The Bertz CT molecular complexity index is 528. The average Bonchev–Trinajstić information content (AvgIpc) is 2.27. The molecule has 0 aliphatic rings. The zero-order valence-corrected chi connectivity index (χ0v) is 11.1. The van der Waals surface area contributed by atoms with E-state index < -0.39 is 10.2 Å². The highest BCUT2D eigenvalue weighted by Gasteiger charge is 2.14. The smallest absolute Gasteiger partial charge is 0.296 e. The molecule has 0 bridgehead atoms. The first-order chi connectivity index (χ1) is 8.33. The third-order valence-corrected chi connectivity index (χ3v) is 2.92. The van der Waals surface area contributed by atoms with Gasteiger partial charge in [-0.1, -0.05) is 19.1 Å². The van der Waals surface area contributed by atoms with Gasteiger partial charge in [-0.05, 0) is 25.5 Å². The van der Waals surface area contributed by atoms with E-state index in [-0.39, 0.29) is 23.2 Å². The summed E-state index contributed by atoms with van der Waals surface area (Å²) in [7, 11) is -3.90. The lowest BCUT2D eigenvalue weighted by Gasteiger charge is -2.14. The van der Waals surface area contributed by atoms with Crippen molar-refractivity contribution in [2.45, 2.75) is 26.3 Å². The third-order valence-electron chi connectivity index (χ3n) is 2.41. The second kappa shape index (κ2) is 5.83. The largest absolute Gasteiger partial charge is 0.350 e. The Balaban J connectivity index is 2.98. The van der Waals surface area contributed by atoms with Crippen molar-refractivity contribution in [2.24, 2.45) is 5.14 Å². The normalized spacial score (nSPS) is 12.8. The standard InChI is InChI=1S/C11H17N3O3S/c1-3-8(2)13-11(15)9-6-4-5-7-10(9)14-18(12,16)17/h4-8,14H,3H2,1-2H3,(H,13,15)(H2,12,16,17). The van der Waals surface area contributed by atoms with Gasteiger partial charge in [-0.2, -0.15) is 8.42 Å². The molecule has 18 heavy (non-hydrogen) atoms. The van der Waals surface area contributed by atoms with Crippen LogP contribution < -0.4 is 15.2 Å². The van der Waals surface area contributed by atoms with Gasteiger partial charge < -0.3 is 5.32 Å². The summed E-state index contributed by atoms with van der Waals surface area (Å²) in [5.74, 6) is -0.337. The van der Waals surface area contributed by atoms with Crippen LogP contribution in [-0.2, 0) is 10.2 Å². The number of nitrogens with one attached hydrogen (secondary N) is 2. The van der Waals surface area contributed by atoms with Crippen molar-refractivity contribution in [3.63, 3.8) is 0 Å². The van der Waals surface area contributed by atoms with Gasteiger partial charge >= 0.3 is 0 Å². The van der Waals surface area contributed by atoms with E-state index in [2.05, 4.69) is 10.0 Å². The van der Waals surface area contributed by atoms with Gasteiger partial charge in [0.05, 0.1) is 11.3 Å². The Kier molecular flexibility index (Phi) is 4.69. The summed E-state index contributed by atoms with van der Waals surface area (Å²) in [4.78, 5) is 11.9. The highest BCUT2D eigenvalue weighted by molar-refractivity contribution is 7.90. The lowest BCUT2D eigenvalue weighted by molar-refractivity contribution is 0.0940. The number of carbonyl (C=O) groups excluding carboxylic acids is 1. The minimum Gasteiger partial charge on any atom is -0.350 e. The number of hydrogen-bond donors (Lipinski definition) is 3. The molecule has 7 heteroatoms. The Morgan fingerprint density at radius 3 is 2.56 bits per heavy atom. The van der Waals surface area contributed by atoms with Gasteiger partial charge in [0.2, 0.25) is 0 Å². The molecule has 0 saturated heterocycles. The molecule has 100 valence electrons. The molecule has 1 unspecified atom stereocenters. The van der Waals surface area contributed by atoms with Crippen LogP contribution in [0.1, 0.15) is 30.6 Å². The molecule has 0 fully saturated rings. The second-order valence-corrected chi connectivity index (χ2v) is 5.27. The molecule has 0 spiro atoms. The van der Waals surface area contributed by atoms with E-state index in [0.717, 1.165) is 6.42 Å². The average molecular weight is 271 g/mol. The number of rotatable bonds is 5. The lowest BCUT2D eigenvalue weighted by atomic mass is 10.1. The van der Waals surface area contributed by atoms with E-state index in [1.807, 2.05) is 13.8 Å². The molecular formula is C11H17N3O3S. The first-order valence-electron chi connectivity index (χ1n) is 5.54. The Morgan fingerprint density at radius 2 is 2.00 bits per heavy atom. The summed E-state index contributed by atoms with van der Waals surface area (Å²) in [6.45, 7) is 3.81. The quantitative estimate of drug-likeness (QED) is 0.739. The fourth-order valence-electron chi connectivity index (χ4n) is 1.33. The van der Waals surface area contributed by atoms with Crippen LogP contribution in [0.5, 0.6) is 0 Å². The minimum atomic E-state index is -3.90. The van der Waals surface area contributed by atoms with Crippen molar-refractivity contribution in [2.75, 3.05) is 4.72 Å².